The molecule has 1 aromatic heterocycles. The molecule has 0 fully saturated rings. The smallest absolute Gasteiger partial charge is 0.307 e. The third kappa shape index (κ3) is 2.80. The van der Waals surface area contributed by atoms with Gasteiger partial charge in [-0.15, -0.1) is 0 Å². The van der Waals surface area contributed by atoms with E-state index in [-0.39, 0.29) is 22.1 Å². The number of aromatic nitrogens is 1. The number of amides is 1. The summed E-state index contributed by atoms with van der Waals surface area (Å²) in [5, 5.41) is 9.28. The van der Waals surface area contributed by atoms with Crippen molar-refractivity contribution in [1.29, 1.82) is 0 Å². The van der Waals surface area contributed by atoms with Crippen LogP contribution in [0.5, 0.6) is 5.75 Å². The molecule has 0 bridgehead atoms. The van der Waals surface area contributed by atoms with Crippen LogP contribution in [-0.4, -0.2) is 27.6 Å². The van der Waals surface area contributed by atoms with E-state index in [0.29, 0.717) is 4.70 Å². The number of hydrogen-bond donors (Lipinski definition) is 1. The van der Waals surface area contributed by atoms with E-state index in [0.717, 1.165) is 28.4 Å². The molecule has 1 amide bonds. The van der Waals surface area contributed by atoms with Crippen LogP contribution in [-0.2, 0) is 9.59 Å². The van der Waals surface area contributed by atoms with E-state index in [2.05, 4.69) is 4.98 Å². The monoisotopic (exact) mass is 390 g/mol. The first-order valence-corrected chi connectivity index (χ1v) is 8.70. The first-order chi connectivity index (χ1) is 12.8. The van der Waals surface area contributed by atoms with Gasteiger partial charge in [0.05, 0.1) is 16.8 Å². The Kier molecular flexibility index (Phi) is 3.84. The highest BCUT2D eigenvalue weighted by atomic mass is 32.1. The predicted molar refractivity (Wildman–Crippen MR) is 94.4 cm³/mol. The molecular formula is C18H12F2N2O4S. The van der Waals surface area contributed by atoms with Crippen molar-refractivity contribution in [2.24, 2.45) is 0 Å². The molecule has 27 heavy (non-hydrogen) atoms. The normalized spacial score (nSPS) is 19.1. The molecule has 6 nitrogen and oxygen atoms in total. The molecular weight excluding hydrogens is 378 g/mol. The minimum atomic E-state index is -1.72. The van der Waals surface area contributed by atoms with Gasteiger partial charge >= 0.3 is 5.97 Å². The van der Waals surface area contributed by atoms with Crippen LogP contribution in [0.4, 0.5) is 19.6 Å². The number of halogens is 2. The zero-order chi connectivity index (χ0) is 19.3. The van der Waals surface area contributed by atoms with Gasteiger partial charge in [-0.25, -0.2) is 18.7 Å². The van der Waals surface area contributed by atoms with E-state index >= 15 is 0 Å². The zero-order valence-electron chi connectivity index (χ0n) is 13.9. The number of carbonyl (C=O) groups excluding carboxylic acids is 1. The highest BCUT2D eigenvalue weighted by Gasteiger charge is 2.48. The van der Waals surface area contributed by atoms with E-state index < -0.39 is 35.5 Å². The molecule has 1 atom stereocenters. The van der Waals surface area contributed by atoms with Crippen LogP contribution in [0.1, 0.15) is 13.3 Å². The Morgan fingerprint density at radius 1 is 1.33 bits per heavy atom. The first-order valence-electron chi connectivity index (χ1n) is 7.88. The number of carboxylic acids is 1. The van der Waals surface area contributed by atoms with Gasteiger partial charge in [0.1, 0.15) is 22.9 Å². The minimum Gasteiger partial charge on any atom is -0.481 e. The zero-order valence-corrected chi connectivity index (χ0v) is 14.7. The van der Waals surface area contributed by atoms with Crippen LogP contribution in [0.25, 0.3) is 10.2 Å². The number of benzene rings is 2. The highest BCUT2D eigenvalue weighted by Crippen LogP contribution is 2.45. The fourth-order valence-electron chi connectivity index (χ4n) is 2.97. The van der Waals surface area contributed by atoms with Crippen LogP contribution in [0, 0.1) is 11.6 Å². The van der Waals surface area contributed by atoms with Crippen molar-refractivity contribution in [2.45, 2.75) is 18.9 Å². The lowest BCUT2D eigenvalue weighted by Crippen LogP contribution is -2.53. The third-order valence-corrected chi connectivity index (χ3v) is 5.20. The maximum atomic E-state index is 14.0. The number of hydrogen-bond acceptors (Lipinski definition) is 5. The summed E-state index contributed by atoms with van der Waals surface area (Å²) in [6, 6.07) is 7.96. The number of para-hydroxylation sites is 1. The molecule has 2 aromatic carbocycles. The molecule has 1 unspecified atom stereocenters. The van der Waals surface area contributed by atoms with Gasteiger partial charge in [0.2, 0.25) is 0 Å². The van der Waals surface area contributed by atoms with Crippen molar-refractivity contribution >= 4 is 44.2 Å². The van der Waals surface area contributed by atoms with Crippen LogP contribution < -0.4 is 9.64 Å². The van der Waals surface area contributed by atoms with E-state index in [1.807, 2.05) is 0 Å². The standard InChI is InChI=1S/C18H12F2N2O4S/c1-18(8-14(23)24)16(25)22(11-7-9(19)5-6-12(11)26-18)17-21-15-10(20)3-2-4-13(15)27-17/h2-7H,8H2,1H3,(H,23,24). The van der Waals surface area contributed by atoms with Crippen molar-refractivity contribution in [1.82, 2.24) is 4.98 Å². The fourth-order valence-corrected chi connectivity index (χ4v) is 3.97. The lowest BCUT2D eigenvalue weighted by atomic mass is 9.97. The molecule has 138 valence electrons. The Balaban J connectivity index is 1.93. The maximum Gasteiger partial charge on any atom is 0.307 e. The second kappa shape index (κ2) is 5.98. The summed E-state index contributed by atoms with van der Waals surface area (Å²) in [6.07, 6.45) is -0.599. The van der Waals surface area contributed by atoms with Gasteiger partial charge in [0.15, 0.2) is 10.7 Å². The highest BCUT2D eigenvalue weighted by molar-refractivity contribution is 7.22. The summed E-state index contributed by atoms with van der Waals surface area (Å²) in [4.78, 5) is 29.6. The molecule has 0 aliphatic carbocycles. The lowest BCUT2D eigenvalue weighted by molar-refractivity contribution is -0.148. The SMILES string of the molecule is CC1(CC(=O)O)Oc2ccc(F)cc2N(c2nc3c(F)cccc3s2)C1=O. The summed E-state index contributed by atoms with van der Waals surface area (Å²) in [7, 11) is 0. The number of ether oxygens (including phenoxy) is 1. The van der Waals surface area contributed by atoms with E-state index in [1.165, 1.54) is 25.1 Å². The Hall–Kier alpha value is -3.07. The number of rotatable bonds is 3. The van der Waals surface area contributed by atoms with Crippen LogP contribution >= 0.6 is 11.3 Å². The average molecular weight is 390 g/mol. The minimum absolute atomic E-state index is 0.0784. The van der Waals surface area contributed by atoms with Gasteiger partial charge in [-0.1, -0.05) is 17.4 Å². The molecule has 4 rings (SSSR count). The Bertz CT molecular complexity index is 1100. The molecule has 1 aliphatic rings. The van der Waals surface area contributed by atoms with Gasteiger partial charge in [0.25, 0.3) is 5.91 Å². The largest absolute Gasteiger partial charge is 0.481 e. The lowest BCUT2D eigenvalue weighted by Gasteiger charge is -2.38. The number of thiazole rings is 1. The number of aliphatic carboxylic acids is 1. The van der Waals surface area contributed by atoms with Gasteiger partial charge in [-0.2, -0.15) is 0 Å². The predicted octanol–water partition coefficient (Wildman–Crippen LogP) is 3.87. The van der Waals surface area contributed by atoms with Gasteiger partial charge in [0, 0.05) is 6.07 Å². The van der Waals surface area contributed by atoms with Gasteiger partial charge in [-0.3, -0.25) is 9.59 Å². The van der Waals surface area contributed by atoms with E-state index in [4.69, 9.17) is 4.74 Å². The van der Waals surface area contributed by atoms with Crippen molar-refractivity contribution in [3.8, 4) is 5.75 Å². The first kappa shape index (κ1) is 17.3. The average Bonchev–Trinajstić information content (AvgIpc) is 3.01. The molecule has 3 aromatic rings. The Morgan fingerprint density at radius 3 is 2.81 bits per heavy atom. The molecule has 0 spiro atoms. The quantitative estimate of drug-likeness (QED) is 0.735. The Morgan fingerprint density at radius 2 is 2.11 bits per heavy atom. The second-order valence-corrected chi connectivity index (χ2v) is 7.25. The maximum absolute atomic E-state index is 14.0. The Labute approximate surface area is 155 Å². The molecule has 9 heteroatoms. The molecule has 1 N–H and O–H groups in total. The topological polar surface area (TPSA) is 79.7 Å². The summed E-state index contributed by atoms with van der Waals surface area (Å²) in [5.41, 5.74) is -1.55. The van der Waals surface area contributed by atoms with Gasteiger partial charge < -0.3 is 9.84 Å². The third-order valence-electron chi connectivity index (χ3n) is 4.19. The van der Waals surface area contributed by atoms with Crippen molar-refractivity contribution in [3.63, 3.8) is 0 Å². The summed E-state index contributed by atoms with van der Waals surface area (Å²) in [5.74, 6) is -2.97. The summed E-state index contributed by atoms with van der Waals surface area (Å²) in [6.45, 7) is 1.34. The van der Waals surface area contributed by atoms with Crippen molar-refractivity contribution in [2.75, 3.05) is 4.90 Å². The van der Waals surface area contributed by atoms with Crippen molar-refractivity contribution < 1.29 is 28.2 Å². The van der Waals surface area contributed by atoms with Crippen molar-refractivity contribution in [3.05, 3.63) is 48.0 Å². The molecule has 0 radical (unpaired) electrons. The number of carbonyl (C=O) groups is 2. The van der Waals surface area contributed by atoms with Crippen LogP contribution in [0.15, 0.2) is 36.4 Å². The summed E-state index contributed by atoms with van der Waals surface area (Å²) < 4.78 is 34.0. The number of anilines is 2. The molecule has 0 saturated carbocycles. The summed E-state index contributed by atoms with van der Waals surface area (Å²) >= 11 is 1.04. The molecule has 0 saturated heterocycles. The number of nitrogens with zero attached hydrogens (tertiary/aromatic N) is 2. The molecule has 2 heterocycles. The van der Waals surface area contributed by atoms with Gasteiger partial charge in [-0.05, 0) is 31.2 Å². The van der Waals surface area contributed by atoms with Crippen LogP contribution in [0.3, 0.4) is 0 Å². The van der Waals surface area contributed by atoms with E-state index in [1.54, 1.807) is 6.07 Å². The second-order valence-electron chi connectivity index (χ2n) is 6.24. The van der Waals surface area contributed by atoms with Crippen LogP contribution in [0.2, 0.25) is 0 Å². The number of fused-ring (bicyclic) bond motifs is 2. The van der Waals surface area contributed by atoms with E-state index in [9.17, 15) is 23.5 Å². The fraction of sp³-hybridized carbons (Fsp3) is 0.167. The number of carboxylic acid groups (broad SMARTS) is 1. The molecule has 1 aliphatic heterocycles.